The molecular weight excluding hydrogens is 258 g/mol. The lowest BCUT2D eigenvalue weighted by Gasteiger charge is -2.07. The van der Waals surface area contributed by atoms with Crippen molar-refractivity contribution < 1.29 is 17.9 Å². The van der Waals surface area contributed by atoms with Gasteiger partial charge in [-0.1, -0.05) is 6.92 Å². The number of hydrogen-bond acceptors (Lipinski definition) is 5. The lowest BCUT2D eigenvalue weighted by atomic mass is 10.3. The molecule has 0 aliphatic carbocycles. The first kappa shape index (κ1) is 14.5. The van der Waals surface area contributed by atoms with E-state index in [1.807, 2.05) is 6.92 Å². The van der Waals surface area contributed by atoms with Crippen molar-refractivity contribution in [2.24, 2.45) is 0 Å². The van der Waals surface area contributed by atoms with Gasteiger partial charge in [-0.2, -0.15) is 5.10 Å². The predicted octanol–water partition coefficient (Wildman–Crippen LogP) is 0.667. The van der Waals surface area contributed by atoms with Crippen LogP contribution in [0.15, 0.2) is 6.20 Å². The summed E-state index contributed by atoms with van der Waals surface area (Å²) in [6.45, 7) is 3.80. The van der Waals surface area contributed by atoms with Gasteiger partial charge in [-0.3, -0.25) is 14.6 Å². The average molecular weight is 275 g/mol. The first-order valence-electron chi connectivity index (χ1n) is 5.66. The maximum absolute atomic E-state index is 11.7. The Hall–Kier alpha value is -1.57. The van der Waals surface area contributed by atoms with Gasteiger partial charge in [0, 0.05) is 5.56 Å². The highest BCUT2D eigenvalue weighted by Gasteiger charge is 2.16. The number of H-pyrrole nitrogens is 1. The minimum atomic E-state index is -3.57. The third-order valence-electron chi connectivity index (χ3n) is 2.24. The zero-order valence-electron chi connectivity index (χ0n) is 10.4. The van der Waals surface area contributed by atoms with Gasteiger partial charge < -0.3 is 4.74 Å². The largest absolute Gasteiger partial charge is 0.466 e. The van der Waals surface area contributed by atoms with Gasteiger partial charge in [0.15, 0.2) is 0 Å². The molecule has 0 aromatic carbocycles. The van der Waals surface area contributed by atoms with Crippen molar-refractivity contribution in [2.45, 2.75) is 26.7 Å². The average Bonchev–Trinajstić information content (AvgIpc) is 2.73. The highest BCUT2D eigenvalue weighted by molar-refractivity contribution is 7.92. The van der Waals surface area contributed by atoms with Crippen LogP contribution in [0.1, 0.15) is 25.8 Å². The van der Waals surface area contributed by atoms with E-state index in [2.05, 4.69) is 19.7 Å². The van der Waals surface area contributed by atoms with Crippen molar-refractivity contribution in [3.8, 4) is 0 Å². The molecule has 0 saturated carbocycles. The molecule has 0 aliphatic rings. The Morgan fingerprint density at radius 2 is 2.22 bits per heavy atom. The SMILES string of the molecule is CCOC(=O)CCS(=O)(=O)Nc1[nH]ncc1CC. The van der Waals surface area contributed by atoms with Gasteiger partial charge in [-0.25, -0.2) is 8.42 Å². The van der Waals surface area contributed by atoms with E-state index < -0.39 is 16.0 Å². The molecule has 7 nitrogen and oxygen atoms in total. The van der Waals surface area contributed by atoms with Crippen LogP contribution >= 0.6 is 0 Å². The molecule has 0 atom stereocenters. The number of aromatic amines is 1. The second kappa shape index (κ2) is 6.39. The Kier molecular flexibility index (Phi) is 5.14. The van der Waals surface area contributed by atoms with Crippen molar-refractivity contribution in [3.05, 3.63) is 11.8 Å². The standard InChI is InChI=1S/C10H17N3O4S/c1-3-8-7-11-12-10(8)13-18(15,16)6-5-9(14)17-4-2/h7H,3-6H2,1-2H3,(H2,11,12,13). The van der Waals surface area contributed by atoms with Gasteiger partial charge in [-0.05, 0) is 13.3 Å². The van der Waals surface area contributed by atoms with Gasteiger partial charge >= 0.3 is 5.97 Å². The fourth-order valence-electron chi connectivity index (χ4n) is 1.32. The van der Waals surface area contributed by atoms with E-state index in [0.29, 0.717) is 12.2 Å². The number of rotatable bonds is 7. The predicted molar refractivity (Wildman–Crippen MR) is 66.6 cm³/mol. The maximum atomic E-state index is 11.7. The molecule has 1 heterocycles. The third kappa shape index (κ3) is 4.36. The van der Waals surface area contributed by atoms with E-state index in [9.17, 15) is 13.2 Å². The fourth-order valence-corrected chi connectivity index (χ4v) is 2.35. The van der Waals surface area contributed by atoms with Gasteiger partial charge in [0.05, 0.1) is 25.0 Å². The smallest absolute Gasteiger partial charge is 0.306 e. The number of ether oxygens (including phenoxy) is 1. The van der Waals surface area contributed by atoms with Crippen LogP contribution in [0.3, 0.4) is 0 Å². The molecule has 1 aromatic rings. The molecule has 2 N–H and O–H groups in total. The Morgan fingerprint density at radius 1 is 1.50 bits per heavy atom. The molecule has 0 saturated heterocycles. The number of nitrogens with one attached hydrogen (secondary N) is 2. The zero-order valence-corrected chi connectivity index (χ0v) is 11.2. The molecule has 0 unspecified atom stereocenters. The van der Waals surface area contributed by atoms with Crippen molar-refractivity contribution in [1.82, 2.24) is 10.2 Å². The topological polar surface area (TPSA) is 101 Å². The third-order valence-corrected chi connectivity index (χ3v) is 3.49. The van der Waals surface area contributed by atoms with E-state index in [-0.39, 0.29) is 18.8 Å². The number of sulfonamides is 1. The molecule has 1 aromatic heterocycles. The molecule has 1 rings (SSSR count). The van der Waals surface area contributed by atoms with Gasteiger partial charge in [-0.15, -0.1) is 0 Å². The quantitative estimate of drug-likeness (QED) is 0.712. The van der Waals surface area contributed by atoms with Gasteiger partial charge in [0.2, 0.25) is 10.0 Å². The van der Waals surface area contributed by atoms with Crippen LogP contribution in [0.2, 0.25) is 0 Å². The lowest BCUT2D eigenvalue weighted by molar-refractivity contribution is -0.142. The van der Waals surface area contributed by atoms with Crippen molar-refractivity contribution in [2.75, 3.05) is 17.1 Å². The van der Waals surface area contributed by atoms with Crippen LogP contribution in [0, 0.1) is 0 Å². The molecule has 0 bridgehead atoms. The van der Waals surface area contributed by atoms with Crippen molar-refractivity contribution in [1.29, 1.82) is 0 Å². The molecule has 8 heteroatoms. The fraction of sp³-hybridized carbons (Fsp3) is 0.600. The van der Waals surface area contributed by atoms with Crippen LogP contribution in [0.5, 0.6) is 0 Å². The van der Waals surface area contributed by atoms with Gasteiger partial charge in [0.1, 0.15) is 5.82 Å². The molecule has 102 valence electrons. The van der Waals surface area contributed by atoms with Gasteiger partial charge in [0.25, 0.3) is 0 Å². The Labute approximate surface area is 106 Å². The normalized spacial score (nSPS) is 11.2. The number of aromatic nitrogens is 2. The van der Waals surface area contributed by atoms with E-state index in [1.54, 1.807) is 13.1 Å². The van der Waals surface area contributed by atoms with Crippen LogP contribution in [-0.4, -0.2) is 36.9 Å². The number of aryl methyl sites for hydroxylation is 1. The van der Waals surface area contributed by atoms with Crippen molar-refractivity contribution >= 4 is 21.8 Å². The van der Waals surface area contributed by atoms with Crippen LogP contribution < -0.4 is 4.72 Å². The Balaban J connectivity index is 2.57. The Morgan fingerprint density at radius 3 is 2.83 bits per heavy atom. The number of nitrogens with zero attached hydrogens (tertiary/aromatic N) is 1. The molecule has 18 heavy (non-hydrogen) atoms. The first-order chi connectivity index (χ1) is 8.48. The molecule has 0 radical (unpaired) electrons. The molecule has 0 fully saturated rings. The summed E-state index contributed by atoms with van der Waals surface area (Å²) in [4.78, 5) is 11.1. The number of esters is 1. The maximum Gasteiger partial charge on any atom is 0.306 e. The van der Waals surface area contributed by atoms with Crippen LogP contribution in [-0.2, 0) is 26.0 Å². The van der Waals surface area contributed by atoms with E-state index in [4.69, 9.17) is 0 Å². The van der Waals surface area contributed by atoms with E-state index in [0.717, 1.165) is 5.56 Å². The minimum absolute atomic E-state index is 0.168. The number of carbonyl (C=O) groups is 1. The first-order valence-corrected chi connectivity index (χ1v) is 7.32. The highest BCUT2D eigenvalue weighted by Crippen LogP contribution is 2.13. The molecule has 0 aliphatic heterocycles. The number of carbonyl (C=O) groups excluding carboxylic acids is 1. The number of hydrogen-bond donors (Lipinski definition) is 2. The summed E-state index contributed by atoms with van der Waals surface area (Å²) in [5.41, 5.74) is 0.773. The second-order valence-electron chi connectivity index (χ2n) is 3.60. The lowest BCUT2D eigenvalue weighted by Crippen LogP contribution is -2.20. The van der Waals surface area contributed by atoms with Crippen molar-refractivity contribution in [3.63, 3.8) is 0 Å². The summed E-state index contributed by atoms with van der Waals surface area (Å²) < 4.78 is 30.4. The monoisotopic (exact) mass is 275 g/mol. The molecule has 0 amide bonds. The number of anilines is 1. The Bertz CT molecular complexity index is 495. The van der Waals surface area contributed by atoms with E-state index in [1.165, 1.54) is 0 Å². The summed E-state index contributed by atoms with van der Waals surface area (Å²) in [6, 6.07) is 0. The summed E-state index contributed by atoms with van der Waals surface area (Å²) in [6.07, 6.45) is 2.05. The second-order valence-corrected chi connectivity index (χ2v) is 5.44. The van der Waals surface area contributed by atoms with Crippen LogP contribution in [0.25, 0.3) is 0 Å². The minimum Gasteiger partial charge on any atom is -0.466 e. The van der Waals surface area contributed by atoms with E-state index >= 15 is 0 Å². The molecular formula is C10H17N3O4S. The highest BCUT2D eigenvalue weighted by atomic mass is 32.2. The summed E-state index contributed by atoms with van der Waals surface area (Å²) in [7, 11) is -3.57. The molecule has 0 spiro atoms. The summed E-state index contributed by atoms with van der Waals surface area (Å²) in [5.74, 6) is -0.488. The summed E-state index contributed by atoms with van der Waals surface area (Å²) in [5, 5.41) is 6.33. The summed E-state index contributed by atoms with van der Waals surface area (Å²) >= 11 is 0. The zero-order chi connectivity index (χ0) is 13.6. The van der Waals surface area contributed by atoms with Crippen LogP contribution in [0.4, 0.5) is 5.82 Å².